The Morgan fingerprint density at radius 1 is 1.19 bits per heavy atom. The fourth-order valence-electron chi connectivity index (χ4n) is 2.69. The van der Waals surface area contributed by atoms with Gasteiger partial charge in [-0.2, -0.15) is 0 Å². The molecule has 0 aliphatic heterocycles. The van der Waals surface area contributed by atoms with Crippen molar-refractivity contribution in [3.05, 3.63) is 54.1 Å². The van der Waals surface area contributed by atoms with Crippen LogP contribution in [0.5, 0.6) is 5.75 Å². The Labute approximate surface area is 164 Å². The highest BCUT2D eigenvalue weighted by molar-refractivity contribution is 7.22. The molecule has 0 saturated heterocycles. The predicted molar refractivity (Wildman–Crippen MR) is 111 cm³/mol. The molecule has 0 saturated carbocycles. The van der Waals surface area contributed by atoms with Gasteiger partial charge in [-0.25, -0.2) is 4.98 Å². The number of nitrogens with zero attached hydrogens (tertiary/aromatic N) is 2. The summed E-state index contributed by atoms with van der Waals surface area (Å²) in [6.07, 6.45) is 0.987. The summed E-state index contributed by atoms with van der Waals surface area (Å²) in [5.41, 5.74) is 2.21. The van der Waals surface area contributed by atoms with E-state index in [-0.39, 0.29) is 12.5 Å². The summed E-state index contributed by atoms with van der Waals surface area (Å²) in [6, 6.07) is 15.7. The number of carbonyl (C=O) groups is 1. The molecule has 0 spiro atoms. The molecule has 0 aliphatic rings. The molecule has 6 heteroatoms. The van der Waals surface area contributed by atoms with Gasteiger partial charge in [0, 0.05) is 0 Å². The molecule has 142 valence electrons. The third-order valence-corrected chi connectivity index (χ3v) is 5.36. The minimum atomic E-state index is -0.0742. The number of ether oxygens (including phenoxy) is 1. The summed E-state index contributed by atoms with van der Waals surface area (Å²) in [4.78, 5) is 20.6. The number of thiazole rings is 1. The molecule has 1 amide bonds. The standard InChI is InChI=1S/C21H25N3O2S/c1-4-16-10-11-18-19(14-16)27-21(22-18)24(13-12-23(2)3)20(25)15-26-17-8-6-5-7-9-17/h5-11,14H,4,12-13,15H2,1-3H3/p+1. The van der Waals surface area contributed by atoms with E-state index in [0.29, 0.717) is 12.3 Å². The molecule has 0 fully saturated rings. The Bertz CT molecular complexity index is 893. The average Bonchev–Trinajstić information content (AvgIpc) is 3.09. The third kappa shape index (κ3) is 5.05. The number of aryl methyl sites for hydroxylation is 1. The van der Waals surface area contributed by atoms with Gasteiger partial charge in [-0.05, 0) is 36.2 Å². The van der Waals surface area contributed by atoms with E-state index >= 15 is 0 Å². The van der Waals surface area contributed by atoms with Crippen molar-refractivity contribution in [1.29, 1.82) is 0 Å². The van der Waals surface area contributed by atoms with Crippen LogP contribution in [0.1, 0.15) is 12.5 Å². The Morgan fingerprint density at radius 2 is 1.96 bits per heavy atom. The van der Waals surface area contributed by atoms with Crippen LogP contribution < -0.4 is 14.5 Å². The number of para-hydroxylation sites is 1. The highest BCUT2D eigenvalue weighted by Crippen LogP contribution is 2.29. The van der Waals surface area contributed by atoms with Crippen molar-refractivity contribution >= 4 is 32.6 Å². The zero-order valence-electron chi connectivity index (χ0n) is 16.1. The van der Waals surface area contributed by atoms with E-state index in [1.54, 1.807) is 16.2 Å². The number of amides is 1. The summed E-state index contributed by atoms with van der Waals surface area (Å²) in [5, 5.41) is 0.737. The summed E-state index contributed by atoms with van der Waals surface area (Å²) < 4.78 is 6.78. The first-order chi connectivity index (χ1) is 13.1. The molecule has 3 rings (SSSR count). The maximum absolute atomic E-state index is 12.9. The van der Waals surface area contributed by atoms with E-state index in [2.05, 4.69) is 33.2 Å². The molecule has 0 radical (unpaired) electrons. The van der Waals surface area contributed by atoms with Gasteiger partial charge in [0.1, 0.15) is 5.75 Å². The monoisotopic (exact) mass is 384 g/mol. The van der Waals surface area contributed by atoms with Crippen molar-refractivity contribution in [3.8, 4) is 5.75 Å². The lowest BCUT2D eigenvalue weighted by molar-refractivity contribution is -0.856. The largest absolute Gasteiger partial charge is 0.484 e. The minimum absolute atomic E-state index is 0.00289. The molecule has 0 unspecified atom stereocenters. The number of rotatable bonds is 8. The molecule has 3 aromatic rings. The molecular formula is C21H26N3O2S+. The molecule has 1 aromatic heterocycles. The molecule has 1 N–H and O–H groups in total. The van der Waals surface area contributed by atoms with Crippen LogP contribution in [0.25, 0.3) is 10.2 Å². The number of nitrogens with one attached hydrogen (secondary N) is 1. The number of likely N-dealkylation sites (N-methyl/N-ethyl adjacent to an activating group) is 1. The van der Waals surface area contributed by atoms with Crippen LogP contribution in [-0.2, 0) is 11.2 Å². The number of quaternary nitrogens is 1. The first-order valence-corrected chi connectivity index (χ1v) is 10.0. The summed E-state index contributed by atoms with van der Waals surface area (Å²) >= 11 is 1.57. The van der Waals surface area contributed by atoms with E-state index in [0.717, 1.165) is 28.3 Å². The van der Waals surface area contributed by atoms with Gasteiger partial charge in [-0.15, -0.1) is 0 Å². The second kappa shape index (κ2) is 8.97. The molecule has 5 nitrogen and oxygen atoms in total. The number of hydrogen-bond donors (Lipinski definition) is 1. The Hall–Kier alpha value is -2.44. The number of aromatic nitrogens is 1. The number of carbonyl (C=O) groups excluding carboxylic acids is 1. The highest BCUT2D eigenvalue weighted by Gasteiger charge is 2.21. The predicted octanol–water partition coefficient (Wildman–Crippen LogP) is 2.42. The summed E-state index contributed by atoms with van der Waals surface area (Å²) in [6.45, 7) is 3.59. The van der Waals surface area contributed by atoms with Crippen LogP contribution in [-0.4, -0.2) is 44.7 Å². The Balaban J connectivity index is 1.80. The quantitative estimate of drug-likeness (QED) is 0.649. The van der Waals surface area contributed by atoms with Crippen molar-refractivity contribution in [2.75, 3.05) is 38.7 Å². The molecule has 27 heavy (non-hydrogen) atoms. The summed E-state index contributed by atoms with van der Waals surface area (Å²) in [7, 11) is 4.16. The molecular weight excluding hydrogens is 358 g/mol. The normalized spacial score (nSPS) is 11.1. The van der Waals surface area contributed by atoms with Crippen LogP contribution in [0.15, 0.2) is 48.5 Å². The fourth-order valence-corrected chi connectivity index (χ4v) is 3.77. The fraction of sp³-hybridized carbons (Fsp3) is 0.333. The number of hydrogen-bond acceptors (Lipinski definition) is 4. The SMILES string of the molecule is CCc1ccc2nc(N(CC[NH+](C)C)C(=O)COc3ccccc3)sc2c1. The molecule has 0 atom stereocenters. The Kier molecular flexibility index (Phi) is 6.42. The second-order valence-corrected chi connectivity index (χ2v) is 7.77. The lowest BCUT2D eigenvalue weighted by atomic mass is 10.2. The third-order valence-electron chi connectivity index (χ3n) is 4.32. The molecule has 0 bridgehead atoms. The topological polar surface area (TPSA) is 46.9 Å². The van der Waals surface area contributed by atoms with Gasteiger partial charge < -0.3 is 9.64 Å². The highest BCUT2D eigenvalue weighted by atomic mass is 32.1. The molecule has 0 aliphatic carbocycles. The number of fused-ring (bicyclic) bond motifs is 1. The van der Waals surface area contributed by atoms with Crippen LogP contribution in [0.2, 0.25) is 0 Å². The van der Waals surface area contributed by atoms with Crippen molar-refractivity contribution in [3.63, 3.8) is 0 Å². The maximum Gasteiger partial charge on any atom is 0.266 e. The van der Waals surface area contributed by atoms with Crippen LogP contribution in [0.4, 0.5) is 5.13 Å². The lowest BCUT2D eigenvalue weighted by Gasteiger charge is -2.20. The van der Waals surface area contributed by atoms with Gasteiger partial charge in [0.05, 0.1) is 37.4 Å². The van der Waals surface area contributed by atoms with Crippen molar-refractivity contribution in [2.24, 2.45) is 0 Å². The van der Waals surface area contributed by atoms with Gasteiger partial charge in [-0.1, -0.05) is 42.5 Å². The van der Waals surface area contributed by atoms with E-state index in [1.165, 1.54) is 10.5 Å². The van der Waals surface area contributed by atoms with Crippen LogP contribution in [0.3, 0.4) is 0 Å². The maximum atomic E-state index is 12.9. The average molecular weight is 385 g/mol. The van der Waals surface area contributed by atoms with Gasteiger partial charge in [-0.3, -0.25) is 9.69 Å². The van der Waals surface area contributed by atoms with Gasteiger partial charge in [0.15, 0.2) is 11.7 Å². The lowest BCUT2D eigenvalue weighted by Crippen LogP contribution is -3.06. The van der Waals surface area contributed by atoms with Crippen molar-refractivity contribution in [1.82, 2.24) is 4.98 Å². The van der Waals surface area contributed by atoms with E-state index in [9.17, 15) is 4.79 Å². The van der Waals surface area contributed by atoms with E-state index in [1.807, 2.05) is 36.4 Å². The smallest absolute Gasteiger partial charge is 0.266 e. The number of benzene rings is 2. The van der Waals surface area contributed by atoms with Gasteiger partial charge in [0.25, 0.3) is 5.91 Å². The first-order valence-electron chi connectivity index (χ1n) is 9.23. The van der Waals surface area contributed by atoms with Gasteiger partial charge in [0.2, 0.25) is 0 Å². The van der Waals surface area contributed by atoms with Crippen LogP contribution in [0, 0.1) is 0 Å². The first kappa shape index (κ1) is 19.3. The molecule has 1 heterocycles. The molecule has 2 aromatic carbocycles. The van der Waals surface area contributed by atoms with Crippen molar-refractivity contribution < 1.29 is 14.4 Å². The Morgan fingerprint density at radius 3 is 2.67 bits per heavy atom. The van der Waals surface area contributed by atoms with Crippen molar-refractivity contribution in [2.45, 2.75) is 13.3 Å². The second-order valence-electron chi connectivity index (χ2n) is 6.76. The van der Waals surface area contributed by atoms with Crippen LogP contribution >= 0.6 is 11.3 Å². The number of anilines is 1. The van der Waals surface area contributed by atoms with E-state index in [4.69, 9.17) is 9.72 Å². The zero-order valence-corrected chi connectivity index (χ0v) is 16.9. The summed E-state index contributed by atoms with van der Waals surface area (Å²) in [5.74, 6) is 0.621. The zero-order chi connectivity index (χ0) is 19.2. The van der Waals surface area contributed by atoms with Gasteiger partial charge >= 0.3 is 0 Å². The van der Waals surface area contributed by atoms with E-state index < -0.39 is 0 Å². The minimum Gasteiger partial charge on any atom is -0.484 e.